The van der Waals surface area contributed by atoms with Crippen molar-refractivity contribution in [3.63, 3.8) is 0 Å². The molecule has 1 aliphatic heterocycles. The Morgan fingerprint density at radius 1 is 1.24 bits per heavy atom. The van der Waals surface area contributed by atoms with Crippen LogP contribution in [0.3, 0.4) is 0 Å². The Balaban J connectivity index is 1.96. The Kier molecular flexibility index (Phi) is 5.44. The molecule has 0 saturated carbocycles. The van der Waals surface area contributed by atoms with Gasteiger partial charge in [0.1, 0.15) is 0 Å². The molecule has 1 aromatic rings. The number of nitrogens with one attached hydrogen (secondary N) is 2. The maximum atomic E-state index is 11.7. The van der Waals surface area contributed by atoms with Crippen molar-refractivity contribution in [1.82, 2.24) is 4.72 Å². The highest BCUT2D eigenvalue weighted by Gasteiger charge is 2.16. The SMILES string of the molecule is CC1CCN(c2ccc(NS(=O)(=O)NCCN)cc2)CC1. The van der Waals surface area contributed by atoms with Crippen LogP contribution < -0.4 is 20.1 Å². The number of nitrogens with zero attached hydrogens (tertiary/aromatic N) is 1. The number of benzene rings is 1. The van der Waals surface area contributed by atoms with Gasteiger partial charge in [-0.3, -0.25) is 4.72 Å². The molecule has 7 heteroatoms. The van der Waals surface area contributed by atoms with Crippen molar-refractivity contribution in [2.24, 2.45) is 11.7 Å². The highest BCUT2D eigenvalue weighted by Crippen LogP contribution is 2.24. The van der Waals surface area contributed by atoms with E-state index in [-0.39, 0.29) is 13.1 Å². The molecule has 0 amide bonds. The second kappa shape index (κ2) is 7.11. The van der Waals surface area contributed by atoms with Gasteiger partial charge in [0.2, 0.25) is 0 Å². The molecule has 1 saturated heterocycles. The van der Waals surface area contributed by atoms with Crippen molar-refractivity contribution in [2.45, 2.75) is 19.8 Å². The predicted octanol–water partition coefficient (Wildman–Crippen LogP) is 1.13. The van der Waals surface area contributed by atoms with Crippen LogP contribution >= 0.6 is 0 Å². The number of piperidine rings is 1. The van der Waals surface area contributed by atoms with E-state index < -0.39 is 10.2 Å². The summed E-state index contributed by atoms with van der Waals surface area (Å²) < 4.78 is 28.2. The fourth-order valence-corrected chi connectivity index (χ4v) is 3.30. The van der Waals surface area contributed by atoms with Crippen LogP contribution in [0.4, 0.5) is 11.4 Å². The van der Waals surface area contributed by atoms with Crippen molar-refractivity contribution in [2.75, 3.05) is 35.8 Å². The standard InChI is InChI=1S/C14H24N4O2S/c1-12-6-10-18(11-7-12)14-4-2-13(3-5-14)17-21(19,20)16-9-8-15/h2-5,12,16-17H,6-11,15H2,1H3. The van der Waals surface area contributed by atoms with Crippen molar-refractivity contribution in [3.8, 4) is 0 Å². The first kappa shape index (κ1) is 16.1. The second-order valence-electron chi connectivity index (χ2n) is 5.50. The van der Waals surface area contributed by atoms with Crippen LogP contribution in [0.2, 0.25) is 0 Å². The molecule has 118 valence electrons. The predicted molar refractivity (Wildman–Crippen MR) is 86.7 cm³/mol. The molecule has 0 aromatic heterocycles. The molecule has 1 fully saturated rings. The molecular formula is C14H24N4O2S. The van der Waals surface area contributed by atoms with Crippen LogP contribution in [0.5, 0.6) is 0 Å². The van der Waals surface area contributed by atoms with E-state index in [0.29, 0.717) is 5.69 Å². The number of rotatable bonds is 6. The van der Waals surface area contributed by atoms with Gasteiger partial charge in [0.15, 0.2) is 0 Å². The maximum Gasteiger partial charge on any atom is 0.299 e. The van der Waals surface area contributed by atoms with Gasteiger partial charge >= 0.3 is 0 Å². The third-order valence-electron chi connectivity index (χ3n) is 3.70. The molecule has 1 heterocycles. The third kappa shape index (κ3) is 4.87. The first-order valence-electron chi connectivity index (χ1n) is 7.32. The van der Waals surface area contributed by atoms with E-state index in [1.165, 1.54) is 12.8 Å². The minimum Gasteiger partial charge on any atom is -0.372 e. The molecule has 6 nitrogen and oxygen atoms in total. The van der Waals surface area contributed by atoms with Crippen molar-refractivity contribution >= 4 is 21.6 Å². The van der Waals surface area contributed by atoms with Gasteiger partial charge in [0.25, 0.3) is 10.2 Å². The highest BCUT2D eigenvalue weighted by molar-refractivity contribution is 7.90. The molecule has 21 heavy (non-hydrogen) atoms. The average Bonchev–Trinajstić information content (AvgIpc) is 2.47. The quantitative estimate of drug-likeness (QED) is 0.735. The fourth-order valence-electron chi connectivity index (χ4n) is 2.39. The summed E-state index contributed by atoms with van der Waals surface area (Å²) in [6.45, 7) is 4.89. The molecule has 0 aliphatic carbocycles. The zero-order valence-electron chi connectivity index (χ0n) is 12.4. The van der Waals surface area contributed by atoms with Crippen LogP contribution in [-0.2, 0) is 10.2 Å². The zero-order valence-corrected chi connectivity index (χ0v) is 13.2. The summed E-state index contributed by atoms with van der Waals surface area (Å²) in [5.74, 6) is 0.793. The highest BCUT2D eigenvalue weighted by atomic mass is 32.2. The van der Waals surface area contributed by atoms with Crippen molar-refractivity contribution < 1.29 is 8.42 Å². The van der Waals surface area contributed by atoms with Gasteiger partial charge in [0.05, 0.1) is 0 Å². The molecular weight excluding hydrogens is 288 g/mol. The summed E-state index contributed by atoms with van der Waals surface area (Å²) in [5.41, 5.74) is 6.97. The van der Waals surface area contributed by atoms with Gasteiger partial charge in [-0.15, -0.1) is 0 Å². The molecule has 0 radical (unpaired) electrons. The Morgan fingerprint density at radius 3 is 2.43 bits per heavy atom. The first-order chi connectivity index (χ1) is 10.00. The van der Waals surface area contributed by atoms with Crippen molar-refractivity contribution in [1.29, 1.82) is 0 Å². The molecule has 0 atom stereocenters. The van der Waals surface area contributed by atoms with Gasteiger partial charge in [-0.1, -0.05) is 6.92 Å². The molecule has 0 spiro atoms. The summed E-state index contributed by atoms with van der Waals surface area (Å²) in [6.07, 6.45) is 2.41. The first-order valence-corrected chi connectivity index (χ1v) is 8.81. The average molecular weight is 312 g/mol. The van der Waals surface area contributed by atoms with E-state index in [1.54, 1.807) is 12.1 Å². The molecule has 1 aliphatic rings. The van der Waals surface area contributed by atoms with Crippen LogP contribution in [0.15, 0.2) is 24.3 Å². The molecule has 4 N–H and O–H groups in total. The summed E-state index contributed by atoms with van der Waals surface area (Å²) in [4.78, 5) is 2.34. The van der Waals surface area contributed by atoms with E-state index in [4.69, 9.17) is 5.73 Å². The van der Waals surface area contributed by atoms with Gasteiger partial charge in [0, 0.05) is 37.6 Å². The number of nitrogens with two attached hydrogens (primary N) is 1. The Bertz CT molecular complexity index is 537. The van der Waals surface area contributed by atoms with Crippen LogP contribution in [-0.4, -0.2) is 34.6 Å². The minimum atomic E-state index is -3.54. The third-order valence-corrected chi connectivity index (χ3v) is 4.79. The topological polar surface area (TPSA) is 87.5 Å². The summed E-state index contributed by atoms with van der Waals surface area (Å²) in [5, 5.41) is 0. The van der Waals surface area contributed by atoms with E-state index in [0.717, 1.165) is 24.7 Å². The molecule has 0 unspecified atom stereocenters. The van der Waals surface area contributed by atoms with E-state index >= 15 is 0 Å². The summed E-state index contributed by atoms with van der Waals surface area (Å²) in [6, 6.07) is 7.48. The van der Waals surface area contributed by atoms with E-state index in [2.05, 4.69) is 21.3 Å². The monoisotopic (exact) mass is 312 g/mol. The van der Waals surface area contributed by atoms with Crippen molar-refractivity contribution in [3.05, 3.63) is 24.3 Å². The molecule has 2 rings (SSSR count). The smallest absolute Gasteiger partial charge is 0.299 e. The number of hydrogen-bond donors (Lipinski definition) is 3. The second-order valence-corrected chi connectivity index (χ2v) is 7.00. The zero-order chi connectivity index (χ0) is 15.3. The lowest BCUT2D eigenvalue weighted by Gasteiger charge is -2.32. The van der Waals surface area contributed by atoms with Gasteiger partial charge in [-0.2, -0.15) is 13.1 Å². The van der Waals surface area contributed by atoms with Crippen LogP contribution in [0, 0.1) is 5.92 Å². The Hall–Kier alpha value is -1.31. The fraction of sp³-hybridized carbons (Fsp3) is 0.571. The summed E-state index contributed by atoms with van der Waals surface area (Å²) in [7, 11) is -3.54. The number of hydrogen-bond acceptors (Lipinski definition) is 4. The maximum absolute atomic E-state index is 11.7. The van der Waals surface area contributed by atoms with E-state index in [9.17, 15) is 8.42 Å². The molecule has 0 bridgehead atoms. The van der Waals surface area contributed by atoms with Gasteiger partial charge in [-0.05, 0) is 43.0 Å². The van der Waals surface area contributed by atoms with Gasteiger partial charge < -0.3 is 10.6 Å². The lowest BCUT2D eigenvalue weighted by Crippen LogP contribution is -2.34. The molecule has 1 aromatic carbocycles. The largest absolute Gasteiger partial charge is 0.372 e. The van der Waals surface area contributed by atoms with Crippen LogP contribution in [0.1, 0.15) is 19.8 Å². The lowest BCUT2D eigenvalue weighted by molar-refractivity contribution is 0.438. The summed E-state index contributed by atoms with van der Waals surface area (Å²) >= 11 is 0. The van der Waals surface area contributed by atoms with Crippen LogP contribution in [0.25, 0.3) is 0 Å². The normalized spacial score (nSPS) is 17.0. The van der Waals surface area contributed by atoms with E-state index in [1.807, 2.05) is 12.1 Å². The van der Waals surface area contributed by atoms with Gasteiger partial charge in [-0.25, -0.2) is 0 Å². The minimum absolute atomic E-state index is 0.222. The Labute approximate surface area is 126 Å². The number of anilines is 2. The lowest BCUT2D eigenvalue weighted by atomic mass is 9.99. The Morgan fingerprint density at radius 2 is 1.86 bits per heavy atom.